The third-order valence-corrected chi connectivity index (χ3v) is 5.28. The second-order valence-electron chi connectivity index (χ2n) is 6.37. The van der Waals surface area contributed by atoms with Crippen LogP contribution in [0, 0.1) is 10.1 Å². The quantitative estimate of drug-likeness (QED) is 0.338. The van der Waals surface area contributed by atoms with Gasteiger partial charge in [0.25, 0.3) is 5.69 Å². The molecule has 3 aromatic heterocycles. The number of non-ortho nitro benzene ring substituents is 1. The fraction of sp³-hybridized carbons (Fsp3) is 0. The van der Waals surface area contributed by atoms with E-state index in [2.05, 4.69) is 25.5 Å². The third kappa shape index (κ3) is 3.35. The van der Waals surface area contributed by atoms with E-state index < -0.39 is 4.92 Å². The van der Waals surface area contributed by atoms with Gasteiger partial charge < -0.3 is 0 Å². The van der Waals surface area contributed by atoms with Gasteiger partial charge in [0, 0.05) is 17.7 Å². The highest BCUT2D eigenvalue weighted by Crippen LogP contribution is 2.25. The molecule has 0 bridgehead atoms. The van der Waals surface area contributed by atoms with Crippen molar-refractivity contribution in [1.29, 1.82) is 0 Å². The van der Waals surface area contributed by atoms with Gasteiger partial charge in [-0.2, -0.15) is 14.7 Å². The number of benzene rings is 2. The molecule has 0 saturated heterocycles. The number of hydrogen-bond donors (Lipinski definition) is 1. The molecule has 0 saturated carbocycles. The molecule has 0 atom stereocenters. The Morgan fingerprint density at radius 1 is 1.03 bits per heavy atom. The van der Waals surface area contributed by atoms with Crippen LogP contribution in [0.1, 0.15) is 10.6 Å². The molecular weight excluding hydrogens is 402 g/mol. The first-order valence-electron chi connectivity index (χ1n) is 8.93. The van der Waals surface area contributed by atoms with Crippen molar-refractivity contribution in [2.24, 2.45) is 0 Å². The molecule has 2 aromatic carbocycles. The Hall–Kier alpha value is -4.18. The third-order valence-electron chi connectivity index (χ3n) is 4.42. The lowest BCUT2D eigenvalue weighted by Gasteiger charge is -1.93. The maximum atomic E-state index is 10.7. The number of aromatic amines is 1. The first kappa shape index (κ1) is 17.9. The summed E-state index contributed by atoms with van der Waals surface area (Å²) in [6.07, 6.45) is 3.69. The lowest BCUT2D eigenvalue weighted by atomic mass is 10.1. The highest BCUT2D eigenvalue weighted by molar-refractivity contribution is 7.17. The normalized spacial score (nSPS) is 11.5. The molecule has 0 spiro atoms. The van der Waals surface area contributed by atoms with Crippen LogP contribution < -0.4 is 0 Å². The smallest absolute Gasteiger partial charge is 0.269 e. The lowest BCUT2D eigenvalue weighted by Crippen LogP contribution is -1.91. The summed E-state index contributed by atoms with van der Waals surface area (Å²) in [5.74, 6) is 0.575. The van der Waals surface area contributed by atoms with E-state index in [1.807, 2.05) is 48.6 Å². The molecule has 3 heterocycles. The second-order valence-corrected chi connectivity index (χ2v) is 7.36. The van der Waals surface area contributed by atoms with Crippen molar-refractivity contribution in [1.82, 2.24) is 30.0 Å². The standard InChI is InChI=1S/C20H13N7O2S/c28-27(29)15-9-6-13(7-10-15)8-11-18-25-26-19(23-24-20(26)30-18)17-12-16(21-22-17)14-4-2-1-3-5-14/h1-12H,(H,21,22)/b11-8+. The maximum Gasteiger partial charge on any atom is 0.269 e. The molecule has 0 aliphatic heterocycles. The zero-order valence-corrected chi connectivity index (χ0v) is 16.2. The van der Waals surface area contributed by atoms with Crippen molar-refractivity contribution in [3.63, 3.8) is 0 Å². The number of H-pyrrole nitrogens is 1. The van der Waals surface area contributed by atoms with Crippen molar-refractivity contribution < 1.29 is 4.92 Å². The summed E-state index contributed by atoms with van der Waals surface area (Å²) in [5.41, 5.74) is 3.44. The van der Waals surface area contributed by atoms with Gasteiger partial charge >= 0.3 is 0 Å². The average molecular weight is 415 g/mol. The van der Waals surface area contributed by atoms with Crippen LogP contribution in [-0.2, 0) is 0 Å². The minimum atomic E-state index is -0.420. The highest BCUT2D eigenvalue weighted by atomic mass is 32.1. The molecule has 0 aliphatic rings. The lowest BCUT2D eigenvalue weighted by molar-refractivity contribution is -0.384. The van der Waals surface area contributed by atoms with Gasteiger partial charge in [-0.1, -0.05) is 47.7 Å². The molecular formula is C20H13N7O2S. The maximum absolute atomic E-state index is 10.7. The van der Waals surface area contributed by atoms with Gasteiger partial charge in [-0.15, -0.1) is 10.2 Å². The Bertz CT molecular complexity index is 1370. The van der Waals surface area contributed by atoms with E-state index in [9.17, 15) is 10.1 Å². The predicted octanol–water partition coefficient (Wildman–Crippen LogP) is 4.32. The molecule has 5 aromatic rings. The van der Waals surface area contributed by atoms with Gasteiger partial charge in [-0.3, -0.25) is 15.2 Å². The Morgan fingerprint density at radius 3 is 2.60 bits per heavy atom. The highest BCUT2D eigenvalue weighted by Gasteiger charge is 2.15. The molecule has 146 valence electrons. The number of aromatic nitrogens is 6. The Labute approximate surface area is 173 Å². The van der Waals surface area contributed by atoms with Crippen LogP contribution in [0.2, 0.25) is 0 Å². The van der Waals surface area contributed by atoms with Crippen molar-refractivity contribution >= 4 is 34.1 Å². The number of nitrogens with zero attached hydrogens (tertiary/aromatic N) is 6. The summed E-state index contributed by atoms with van der Waals surface area (Å²) in [7, 11) is 0. The van der Waals surface area contributed by atoms with E-state index in [-0.39, 0.29) is 5.69 Å². The summed E-state index contributed by atoms with van der Waals surface area (Å²) in [6.45, 7) is 0. The molecule has 0 amide bonds. The number of nitro benzene ring substituents is 1. The van der Waals surface area contributed by atoms with Crippen LogP contribution in [0.15, 0.2) is 60.7 Å². The van der Waals surface area contributed by atoms with Crippen molar-refractivity contribution in [2.45, 2.75) is 0 Å². The van der Waals surface area contributed by atoms with E-state index in [1.165, 1.54) is 23.5 Å². The Kier molecular flexibility index (Phi) is 4.37. The summed E-state index contributed by atoms with van der Waals surface area (Å²) in [6, 6.07) is 18.1. The van der Waals surface area contributed by atoms with Crippen molar-refractivity contribution in [2.75, 3.05) is 0 Å². The SMILES string of the molecule is O=[N+]([O-])c1ccc(/C=C/c2nn3c(-c4cc(-c5ccccc5)n[nH]4)nnc3s2)cc1. The number of fused-ring (bicyclic) bond motifs is 1. The molecule has 30 heavy (non-hydrogen) atoms. The summed E-state index contributed by atoms with van der Waals surface area (Å²) in [4.78, 5) is 11.0. The monoisotopic (exact) mass is 415 g/mol. The largest absolute Gasteiger partial charge is 0.274 e. The molecule has 10 heteroatoms. The van der Waals surface area contributed by atoms with E-state index in [4.69, 9.17) is 0 Å². The van der Waals surface area contributed by atoms with Crippen LogP contribution in [0.4, 0.5) is 5.69 Å². The molecule has 0 radical (unpaired) electrons. The van der Waals surface area contributed by atoms with Crippen LogP contribution in [-0.4, -0.2) is 34.9 Å². The number of rotatable bonds is 5. The molecule has 0 fully saturated rings. The molecule has 1 N–H and O–H groups in total. The van der Waals surface area contributed by atoms with Crippen LogP contribution in [0.3, 0.4) is 0 Å². The fourth-order valence-electron chi connectivity index (χ4n) is 2.93. The van der Waals surface area contributed by atoms with E-state index in [0.717, 1.165) is 27.5 Å². The number of hydrogen-bond acceptors (Lipinski definition) is 7. The minimum Gasteiger partial charge on any atom is -0.274 e. The van der Waals surface area contributed by atoms with Crippen LogP contribution in [0.5, 0.6) is 0 Å². The van der Waals surface area contributed by atoms with E-state index in [0.29, 0.717) is 10.8 Å². The summed E-state index contributed by atoms with van der Waals surface area (Å²) >= 11 is 1.39. The fourth-order valence-corrected chi connectivity index (χ4v) is 3.68. The van der Waals surface area contributed by atoms with Gasteiger partial charge in [0.1, 0.15) is 10.7 Å². The molecule has 5 rings (SSSR count). The molecule has 9 nitrogen and oxygen atoms in total. The van der Waals surface area contributed by atoms with E-state index >= 15 is 0 Å². The molecule has 0 unspecified atom stereocenters. The average Bonchev–Trinajstić information content (AvgIpc) is 3.49. The van der Waals surface area contributed by atoms with Gasteiger partial charge in [0.2, 0.25) is 10.8 Å². The zero-order chi connectivity index (χ0) is 20.5. The zero-order valence-electron chi connectivity index (χ0n) is 15.3. The van der Waals surface area contributed by atoms with E-state index in [1.54, 1.807) is 16.6 Å². The second kappa shape index (κ2) is 7.33. The van der Waals surface area contributed by atoms with Crippen molar-refractivity contribution in [3.05, 3.63) is 81.3 Å². The van der Waals surface area contributed by atoms with Crippen LogP contribution >= 0.6 is 11.3 Å². The Morgan fingerprint density at radius 2 is 1.83 bits per heavy atom. The summed E-state index contributed by atoms with van der Waals surface area (Å²) < 4.78 is 1.67. The topological polar surface area (TPSA) is 115 Å². The van der Waals surface area contributed by atoms with Crippen molar-refractivity contribution in [3.8, 4) is 22.8 Å². The van der Waals surface area contributed by atoms with Gasteiger partial charge in [-0.05, 0) is 29.8 Å². The molecule has 0 aliphatic carbocycles. The predicted molar refractivity (Wildman–Crippen MR) is 114 cm³/mol. The van der Waals surface area contributed by atoms with Gasteiger partial charge in [0.05, 0.1) is 10.6 Å². The summed E-state index contributed by atoms with van der Waals surface area (Å²) in [5, 5.41) is 31.8. The first-order chi connectivity index (χ1) is 14.7. The minimum absolute atomic E-state index is 0.0602. The first-order valence-corrected chi connectivity index (χ1v) is 9.75. The van der Waals surface area contributed by atoms with Gasteiger partial charge in [0.15, 0.2) is 0 Å². The Balaban J connectivity index is 1.41. The van der Waals surface area contributed by atoms with Crippen LogP contribution in [0.25, 0.3) is 39.9 Å². The van der Waals surface area contributed by atoms with Gasteiger partial charge in [-0.25, -0.2) is 0 Å². The number of nitrogens with one attached hydrogen (secondary N) is 1. The number of nitro groups is 1.